The van der Waals surface area contributed by atoms with Crippen molar-refractivity contribution in [3.8, 4) is 18.1 Å². The molecule has 1 aliphatic rings. The molecule has 1 heterocycles. The molecule has 0 amide bonds. The summed E-state index contributed by atoms with van der Waals surface area (Å²) in [6.07, 6.45) is 11.2. The zero-order chi connectivity index (χ0) is 22.7. The Balaban J connectivity index is 1.64. The van der Waals surface area contributed by atoms with Gasteiger partial charge in [-0.05, 0) is 55.5 Å². The first kappa shape index (κ1) is 22.1. The number of ether oxygens (including phenoxy) is 1. The van der Waals surface area contributed by atoms with Gasteiger partial charge in [0.15, 0.2) is 15.6 Å². The van der Waals surface area contributed by atoms with Crippen LogP contribution in [0.4, 0.5) is 11.6 Å². The number of aliphatic hydroxyl groups excluding tert-OH is 1. The van der Waals surface area contributed by atoms with E-state index < -0.39 is 9.84 Å². The molecule has 7 nitrogen and oxygen atoms in total. The first-order chi connectivity index (χ1) is 15.3. The summed E-state index contributed by atoms with van der Waals surface area (Å²) in [5, 5.41) is 13.7. The summed E-state index contributed by atoms with van der Waals surface area (Å²) < 4.78 is 29.5. The average molecular weight is 452 g/mol. The van der Waals surface area contributed by atoms with Crippen LogP contribution in [0.3, 0.4) is 0 Å². The Morgan fingerprint density at radius 3 is 2.72 bits per heavy atom. The van der Waals surface area contributed by atoms with Gasteiger partial charge in [-0.3, -0.25) is 0 Å². The van der Waals surface area contributed by atoms with Gasteiger partial charge in [0.2, 0.25) is 5.95 Å². The smallest absolute Gasteiger partial charge is 0.227 e. The highest BCUT2D eigenvalue weighted by atomic mass is 32.2. The van der Waals surface area contributed by atoms with Gasteiger partial charge in [0, 0.05) is 23.5 Å². The second-order valence-electron chi connectivity index (χ2n) is 8.16. The molecule has 1 aromatic heterocycles. The van der Waals surface area contributed by atoms with E-state index in [4.69, 9.17) is 11.2 Å². The number of benzene rings is 2. The second kappa shape index (κ2) is 9.15. The molecule has 32 heavy (non-hydrogen) atoms. The minimum Gasteiger partial charge on any atom is -0.487 e. The first-order valence-corrected chi connectivity index (χ1v) is 12.5. The van der Waals surface area contributed by atoms with Gasteiger partial charge in [0.1, 0.15) is 5.52 Å². The molecule has 2 aromatic carbocycles. The molecule has 0 unspecified atom stereocenters. The average Bonchev–Trinajstić information content (AvgIpc) is 2.74. The Labute approximate surface area is 187 Å². The molecule has 4 rings (SSSR count). The highest BCUT2D eigenvalue weighted by Crippen LogP contribution is 2.32. The lowest BCUT2D eigenvalue weighted by Crippen LogP contribution is -2.26. The predicted molar refractivity (Wildman–Crippen MR) is 125 cm³/mol. The third-order valence-corrected chi connectivity index (χ3v) is 6.26. The van der Waals surface area contributed by atoms with E-state index in [2.05, 4.69) is 21.2 Å². The van der Waals surface area contributed by atoms with Gasteiger partial charge in [-0.2, -0.15) is 0 Å². The highest BCUT2D eigenvalue weighted by molar-refractivity contribution is 7.89. The minimum atomic E-state index is -3.14. The molecule has 0 aliphatic heterocycles. The van der Waals surface area contributed by atoms with E-state index in [-0.39, 0.29) is 18.0 Å². The summed E-state index contributed by atoms with van der Waals surface area (Å²) in [4.78, 5) is 9.03. The van der Waals surface area contributed by atoms with Crippen molar-refractivity contribution in [1.29, 1.82) is 0 Å². The number of hydrogen-bond acceptors (Lipinski definition) is 7. The molecule has 1 fully saturated rings. The maximum Gasteiger partial charge on any atom is 0.227 e. The molecular formula is C24H25N3O4S. The highest BCUT2D eigenvalue weighted by Gasteiger charge is 2.23. The van der Waals surface area contributed by atoms with Gasteiger partial charge in [0.25, 0.3) is 0 Å². The van der Waals surface area contributed by atoms with Crippen LogP contribution < -0.4 is 10.1 Å². The van der Waals surface area contributed by atoms with Crippen molar-refractivity contribution in [2.24, 2.45) is 0 Å². The van der Waals surface area contributed by atoms with Crippen LogP contribution in [-0.4, -0.2) is 42.0 Å². The number of sulfone groups is 1. The molecule has 3 aromatic rings. The van der Waals surface area contributed by atoms with Crippen LogP contribution in [0.5, 0.6) is 5.75 Å². The van der Waals surface area contributed by atoms with Gasteiger partial charge >= 0.3 is 0 Å². The molecule has 166 valence electrons. The van der Waals surface area contributed by atoms with Gasteiger partial charge < -0.3 is 15.2 Å². The molecule has 0 atom stereocenters. The summed E-state index contributed by atoms with van der Waals surface area (Å²) in [6, 6.07) is 10.8. The number of aromatic nitrogens is 2. The SMILES string of the molecule is C#Cc1ccc2cnc(Nc3cccc(CS(C)(=O)=O)c3)nc2c1OC1CCC(O)CC1. The zero-order valence-corrected chi connectivity index (χ0v) is 18.6. The van der Waals surface area contributed by atoms with E-state index in [0.29, 0.717) is 46.9 Å². The van der Waals surface area contributed by atoms with E-state index in [9.17, 15) is 13.5 Å². The van der Waals surface area contributed by atoms with Gasteiger partial charge in [-0.15, -0.1) is 6.42 Å². The van der Waals surface area contributed by atoms with Crippen molar-refractivity contribution in [2.75, 3.05) is 11.6 Å². The largest absolute Gasteiger partial charge is 0.487 e. The number of hydrogen-bond donors (Lipinski definition) is 2. The topological polar surface area (TPSA) is 101 Å². The van der Waals surface area contributed by atoms with Crippen LogP contribution >= 0.6 is 0 Å². The van der Waals surface area contributed by atoms with Gasteiger partial charge in [-0.1, -0.05) is 18.1 Å². The number of nitrogens with one attached hydrogen (secondary N) is 1. The Bertz CT molecular complexity index is 1280. The van der Waals surface area contributed by atoms with Crippen molar-refractivity contribution in [3.05, 3.63) is 53.7 Å². The third kappa shape index (κ3) is 5.36. The number of fused-ring (bicyclic) bond motifs is 1. The van der Waals surface area contributed by atoms with Gasteiger partial charge in [0.05, 0.1) is 23.5 Å². The summed E-state index contributed by atoms with van der Waals surface area (Å²) >= 11 is 0. The maximum absolute atomic E-state index is 11.6. The fourth-order valence-corrected chi connectivity index (χ4v) is 4.65. The van der Waals surface area contributed by atoms with E-state index in [1.807, 2.05) is 18.2 Å². The number of rotatable bonds is 6. The Hall–Kier alpha value is -3.15. The van der Waals surface area contributed by atoms with Crippen LogP contribution in [-0.2, 0) is 15.6 Å². The Morgan fingerprint density at radius 2 is 2.00 bits per heavy atom. The molecule has 0 spiro atoms. The molecule has 1 saturated carbocycles. The number of terminal acetylenes is 1. The van der Waals surface area contributed by atoms with Crippen molar-refractivity contribution in [3.63, 3.8) is 0 Å². The van der Waals surface area contributed by atoms with Crippen LogP contribution in [0.15, 0.2) is 42.6 Å². The zero-order valence-electron chi connectivity index (χ0n) is 17.8. The molecular weight excluding hydrogens is 426 g/mol. The first-order valence-electron chi connectivity index (χ1n) is 10.5. The van der Waals surface area contributed by atoms with E-state index in [0.717, 1.165) is 18.2 Å². The van der Waals surface area contributed by atoms with Crippen LogP contribution in [0.1, 0.15) is 36.8 Å². The fraction of sp³-hybridized carbons (Fsp3) is 0.333. The lowest BCUT2D eigenvalue weighted by atomic mass is 9.95. The molecule has 0 radical (unpaired) electrons. The van der Waals surface area contributed by atoms with Crippen LogP contribution in [0, 0.1) is 12.3 Å². The summed E-state index contributed by atoms with van der Waals surface area (Å²) in [5.41, 5.74) is 2.58. The molecule has 0 bridgehead atoms. The van der Waals surface area contributed by atoms with Crippen molar-refractivity contribution < 1.29 is 18.3 Å². The van der Waals surface area contributed by atoms with Crippen LogP contribution in [0.2, 0.25) is 0 Å². The predicted octanol–water partition coefficient (Wildman–Crippen LogP) is 3.58. The molecule has 8 heteroatoms. The van der Waals surface area contributed by atoms with Crippen molar-refractivity contribution >= 4 is 32.4 Å². The number of aliphatic hydroxyl groups is 1. The second-order valence-corrected chi connectivity index (χ2v) is 10.3. The van der Waals surface area contributed by atoms with Crippen molar-refractivity contribution in [2.45, 2.75) is 43.6 Å². The monoisotopic (exact) mass is 451 g/mol. The standard InChI is InChI=1S/C24H25N3O4S/c1-3-17-7-8-18-14-25-24(26-19-6-4-5-16(13-19)15-32(2,29)30)27-22(18)23(17)31-21-11-9-20(28)10-12-21/h1,4-8,13-14,20-21,28H,9-12,15H2,2H3,(H,25,26,27). The summed E-state index contributed by atoms with van der Waals surface area (Å²) in [5.74, 6) is 3.53. The third-order valence-electron chi connectivity index (χ3n) is 5.40. The Morgan fingerprint density at radius 1 is 1.22 bits per heavy atom. The van der Waals surface area contributed by atoms with E-state index >= 15 is 0 Å². The fourth-order valence-electron chi connectivity index (χ4n) is 3.86. The minimum absolute atomic E-state index is 0.0323. The maximum atomic E-state index is 11.6. The van der Waals surface area contributed by atoms with Gasteiger partial charge in [-0.25, -0.2) is 18.4 Å². The summed E-state index contributed by atoms with van der Waals surface area (Å²) in [7, 11) is -3.14. The number of anilines is 2. The van der Waals surface area contributed by atoms with Crippen molar-refractivity contribution in [1.82, 2.24) is 9.97 Å². The van der Waals surface area contributed by atoms with Crippen LogP contribution in [0.25, 0.3) is 10.9 Å². The molecule has 1 aliphatic carbocycles. The van der Waals surface area contributed by atoms with E-state index in [1.54, 1.807) is 24.4 Å². The quantitative estimate of drug-likeness (QED) is 0.552. The Kier molecular flexibility index (Phi) is 6.31. The molecule has 2 N–H and O–H groups in total. The lowest BCUT2D eigenvalue weighted by Gasteiger charge is -2.27. The van der Waals surface area contributed by atoms with E-state index in [1.165, 1.54) is 6.26 Å². The summed E-state index contributed by atoms with van der Waals surface area (Å²) in [6.45, 7) is 0. The lowest BCUT2D eigenvalue weighted by molar-refractivity contribution is 0.0671. The molecule has 0 saturated heterocycles. The normalized spacial score (nSPS) is 18.8. The number of nitrogens with zero attached hydrogens (tertiary/aromatic N) is 2.